The van der Waals surface area contributed by atoms with Gasteiger partial charge >= 0.3 is 0 Å². The maximum atomic E-state index is 13.0. The van der Waals surface area contributed by atoms with Crippen molar-refractivity contribution in [2.24, 2.45) is 0 Å². The third-order valence-electron chi connectivity index (χ3n) is 3.13. The molecule has 0 nitrogen and oxygen atoms in total. The Hall–Kier alpha value is -0.700. The Balaban J connectivity index is 2.11. The summed E-state index contributed by atoms with van der Waals surface area (Å²) in [6.45, 7) is 0. The van der Waals surface area contributed by atoms with E-state index < -0.39 is 11.7 Å². The lowest BCUT2D eigenvalue weighted by atomic mass is 9.82. The smallest absolute Gasteiger partial charge is 0.207 e. The van der Waals surface area contributed by atoms with E-state index in [9.17, 15) is 13.2 Å². The van der Waals surface area contributed by atoms with Crippen LogP contribution in [0.3, 0.4) is 0 Å². The summed E-state index contributed by atoms with van der Waals surface area (Å²) in [4.78, 5) is 0. The zero-order valence-corrected chi connectivity index (χ0v) is 9.41. The molecule has 1 aliphatic carbocycles. The molecule has 1 aromatic rings. The van der Waals surface area contributed by atoms with Crippen LogP contribution in [0.25, 0.3) is 0 Å². The van der Waals surface area contributed by atoms with E-state index >= 15 is 0 Å². The molecular formula is C12H12ClF3. The fraction of sp³-hybridized carbons (Fsp3) is 0.500. The monoisotopic (exact) mass is 248 g/mol. The average molecular weight is 249 g/mol. The highest BCUT2D eigenvalue weighted by Crippen LogP contribution is 2.41. The van der Waals surface area contributed by atoms with Crippen LogP contribution in [-0.4, -0.2) is 5.92 Å². The summed E-state index contributed by atoms with van der Waals surface area (Å²) in [7, 11) is 0. The lowest BCUT2D eigenvalue weighted by Crippen LogP contribution is -2.23. The standard InChI is InChI=1S/C12H12ClF3/c13-10-7-9(1-2-11(10)14)8-3-5-12(15,16)6-4-8/h1-2,7-8H,3-6H2. The summed E-state index contributed by atoms with van der Waals surface area (Å²) < 4.78 is 38.8. The van der Waals surface area contributed by atoms with Crippen molar-refractivity contribution in [3.05, 3.63) is 34.6 Å². The van der Waals surface area contributed by atoms with Gasteiger partial charge in [-0.1, -0.05) is 17.7 Å². The van der Waals surface area contributed by atoms with Crippen LogP contribution < -0.4 is 0 Å². The lowest BCUT2D eigenvalue weighted by Gasteiger charge is -2.28. The molecule has 0 spiro atoms. The molecule has 2 rings (SSSR count). The summed E-state index contributed by atoms with van der Waals surface area (Å²) >= 11 is 5.67. The Bertz CT molecular complexity index is 380. The zero-order valence-electron chi connectivity index (χ0n) is 8.65. The highest BCUT2D eigenvalue weighted by atomic mass is 35.5. The molecule has 0 N–H and O–H groups in total. The van der Waals surface area contributed by atoms with Crippen LogP contribution in [-0.2, 0) is 0 Å². The largest absolute Gasteiger partial charge is 0.248 e. The number of benzene rings is 1. The van der Waals surface area contributed by atoms with Crippen LogP contribution in [0, 0.1) is 5.82 Å². The molecule has 16 heavy (non-hydrogen) atoms. The molecule has 0 radical (unpaired) electrons. The van der Waals surface area contributed by atoms with Gasteiger partial charge in [0, 0.05) is 12.8 Å². The lowest BCUT2D eigenvalue weighted by molar-refractivity contribution is -0.0382. The van der Waals surface area contributed by atoms with Gasteiger partial charge in [0.15, 0.2) is 0 Å². The van der Waals surface area contributed by atoms with Crippen molar-refractivity contribution in [1.29, 1.82) is 0 Å². The molecule has 0 heterocycles. The van der Waals surface area contributed by atoms with E-state index in [0.29, 0.717) is 12.8 Å². The Morgan fingerprint density at radius 1 is 1.19 bits per heavy atom. The van der Waals surface area contributed by atoms with E-state index in [-0.39, 0.29) is 23.8 Å². The van der Waals surface area contributed by atoms with Gasteiger partial charge in [0.05, 0.1) is 5.02 Å². The van der Waals surface area contributed by atoms with Crippen molar-refractivity contribution in [3.63, 3.8) is 0 Å². The third-order valence-corrected chi connectivity index (χ3v) is 3.42. The number of halogens is 4. The van der Waals surface area contributed by atoms with Crippen LogP contribution in [0.4, 0.5) is 13.2 Å². The van der Waals surface area contributed by atoms with Gasteiger partial charge in [-0.05, 0) is 36.5 Å². The van der Waals surface area contributed by atoms with Crippen LogP contribution in [0.15, 0.2) is 18.2 Å². The van der Waals surface area contributed by atoms with E-state index in [1.165, 1.54) is 6.07 Å². The molecule has 0 saturated heterocycles. The van der Waals surface area contributed by atoms with Crippen molar-refractivity contribution >= 4 is 11.6 Å². The summed E-state index contributed by atoms with van der Waals surface area (Å²) in [5, 5.41) is 0.0647. The minimum absolute atomic E-state index is 0.0647. The SMILES string of the molecule is Fc1ccc(C2CCC(F)(F)CC2)cc1Cl. The topological polar surface area (TPSA) is 0 Å². The third kappa shape index (κ3) is 2.51. The van der Waals surface area contributed by atoms with Crippen molar-refractivity contribution in [1.82, 2.24) is 0 Å². The van der Waals surface area contributed by atoms with Gasteiger partial charge in [0.2, 0.25) is 5.92 Å². The highest BCUT2D eigenvalue weighted by Gasteiger charge is 2.35. The average Bonchev–Trinajstić information content (AvgIpc) is 2.22. The maximum Gasteiger partial charge on any atom is 0.248 e. The van der Waals surface area contributed by atoms with E-state index in [1.54, 1.807) is 12.1 Å². The second kappa shape index (κ2) is 4.28. The number of rotatable bonds is 1. The highest BCUT2D eigenvalue weighted by molar-refractivity contribution is 6.30. The number of hydrogen-bond donors (Lipinski definition) is 0. The van der Waals surface area contributed by atoms with Gasteiger partial charge < -0.3 is 0 Å². The molecule has 0 aromatic heterocycles. The van der Waals surface area contributed by atoms with Crippen molar-refractivity contribution in [2.75, 3.05) is 0 Å². The van der Waals surface area contributed by atoms with Gasteiger partial charge in [-0.25, -0.2) is 13.2 Å². The number of hydrogen-bond acceptors (Lipinski definition) is 0. The van der Waals surface area contributed by atoms with E-state index in [4.69, 9.17) is 11.6 Å². The summed E-state index contributed by atoms with van der Waals surface area (Å²) in [5.74, 6) is -2.91. The van der Waals surface area contributed by atoms with Crippen molar-refractivity contribution in [3.8, 4) is 0 Å². The molecule has 0 amide bonds. The first-order chi connectivity index (χ1) is 7.48. The first-order valence-electron chi connectivity index (χ1n) is 5.31. The van der Waals surface area contributed by atoms with Crippen LogP contribution >= 0.6 is 11.6 Å². The quantitative estimate of drug-likeness (QED) is 0.671. The van der Waals surface area contributed by atoms with E-state index in [2.05, 4.69) is 0 Å². The second-order valence-electron chi connectivity index (χ2n) is 4.30. The van der Waals surface area contributed by atoms with E-state index in [0.717, 1.165) is 5.56 Å². The Labute approximate surface area is 97.4 Å². The molecule has 4 heteroatoms. The maximum absolute atomic E-state index is 13.0. The van der Waals surface area contributed by atoms with Crippen molar-refractivity contribution in [2.45, 2.75) is 37.5 Å². The van der Waals surface area contributed by atoms with Gasteiger partial charge in [0.1, 0.15) is 5.82 Å². The summed E-state index contributed by atoms with van der Waals surface area (Å²) in [5.41, 5.74) is 0.863. The molecule has 0 unspecified atom stereocenters. The predicted octanol–water partition coefficient (Wildman–Crippen LogP) is 4.77. The fourth-order valence-corrected chi connectivity index (χ4v) is 2.33. The first-order valence-corrected chi connectivity index (χ1v) is 5.68. The van der Waals surface area contributed by atoms with Crippen LogP contribution in [0.5, 0.6) is 0 Å². The molecule has 88 valence electrons. The molecule has 1 fully saturated rings. The predicted molar refractivity (Wildman–Crippen MR) is 57.6 cm³/mol. The second-order valence-corrected chi connectivity index (χ2v) is 4.71. The molecule has 0 bridgehead atoms. The Morgan fingerprint density at radius 3 is 2.38 bits per heavy atom. The van der Waals surface area contributed by atoms with E-state index in [1.807, 2.05) is 0 Å². The minimum atomic E-state index is -2.53. The molecular weight excluding hydrogens is 237 g/mol. The van der Waals surface area contributed by atoms with Crippen molar-refractivity contribution < 1.29 is 13.2 Å². The van der Waals surface area contributed by atoms with Gasteiger partial charge in [-0.15, -0.1) is 0 Å². The van der Waals surface area contributed by atoms with Crippen LogP contribution in [0.1, 0.15) is 37.2 Å². The normalized spacial score (nSPS) is 21.0. The van der Waals surface area contributed by atoms with Gasteiger partial charge in [0.25, 0.3) is 0 Å². The number of alkyl halides is 2. The summed E-state index contributed by atoms with van der Waals surface area (Å²) in [6, 6.07) is 4.48. The molecule has 0 atom stereocenters. The van der Waals surface area contributed by atoms with Crippen LogP contribution in [0.2, 0.25) is 5.02 Å². The van der Waals surface area contributed by atoms with Gasteiger partial charge in [-0.3, -0.25) is 0 Å². The fourth-order valence-electron chi connectivity index (χ4n) is 2.14. The first kappa shape index (κ1) is 11.8. The van der Waals surface area contributed by atoms with Gasteiger partial charge in [-0.2, -0.15) is 0 Å². The molecule has 1 aromatic carbocycles. The molecule has 1 aliphatic rings. The Kier molecular flexibility index (Phi) is 3.15. The molecule has 0 aliphatic heterocycles. The minimum Gasteiger partial charge on any atom is -0.207 e. The molecule has 1 saturated carbocycles. The Morgan fingerprint density at radius 2 is 1.81 bits per heavy atom. The summed E-state index contributed by atoms with van der Waals surface area (Å²) in [6.07, 6.45) is 0.698. The zero-order chi connectivity index (χ0) is 11.8.